The van der Waals surface area contributed by atoms with Crippen molar-refractivity contribution in [2.45, 2.75) is 39.2 Å². The summed E-state index contributed by atoms with van der Waals surface area (Å²) >= 11 is 0. The Labute approximate surface area is 83.9 Å². The lowest BCUT2D eigenvalue weighted by molar-refractivity contribution is -0.147. The van der Waals surface area contributed by atoms with Crippen LogP contribution in [0.2, 0.25) is 0 Å². The number of piperidine rings is 1. The lowest BCUT2D eigenvalue weighted by Crippen LogP contribution is -2.46. The number of hydrogen-bond donors (Lipinski definition) is 1. The van der Waals surface area contributed by atoms with E-state index in [2.05, 4.69) is 0 Å². The molecule has 0 aliphatic carbocycles. The summed E-state index contributed by atoms with van der Waals surface area (Å²) in [6.07, 6.45) is 2.03. The summed E-state index contributed by atoms with van der Waals surface area (Å²) in [6, 6.07) is 0.113. The zero-order valence-electron chi connectivity index (χ0n) is 8.69. The highest BCUT2D eigenvalue weighted by atomic mass is 16.4. The molecule has 1 aliphatic heterocycles. The van der Waals surface area contributed by atoms with Gasteiger partial charge in [0.25, 0.3) is 0 Å². The van der Waals surface area contributed by atoms with Crippen LogP contribution < -0.4 is 0 Å². The number of aliphatic carboxylic acids is 1. The third kappa shape index (κ3) is 2.25. The lowest BCUT2D eigenvalue weighted by Gasteiger charge is -2.37. The zero-order chi connectivity index (χ0) is 10.7. The molecule has 1 heterocycles. The van der Waals surface area contributed by atoms with Gasteiger partial charge in [-0.05, 0) is 19.3 Å². The van der Waals surface area contributed by atoms with Crippen molar-refractivity contribution >= 4 is 11.9 Å². The van der Waals surface area contributed by atoms with Crippen molar-refractivity contribution in [1.29, 1.82) is 0 Å². The Bertz CT molecular complexity index is 240. The molecule has 1 amide bonds. The van der Waals surface area contributed by atoms with Crippen molar-refractivity contribution in [3.63, 3.8) is 0 Å². The SMILES string of the molecule is CCC1CC(C(=O)O)CCN1C(C)=O. The molecular weight excluding hydrogens is 182 g/mol. The highest BCUT2D eigenvalue weighted by Gasteiger charge is 2.32. The molecule has 4 nitrogen and oxygen atoms in total. The number of carboxylic acids is 1. The summed E-state index contributed by atoms with van der Waals surface area (Å²) in [5.74, 6) is -0.942. The Balaban J connectivity index is 2.63. The molecule has 0 spiro atoms. The quantitative estimate of drug-likeness (QED) is 0.724. The minimum atomic E-state index is -0.730. The molecule has 80 valence electrons. The number of nitrogens with zero attached hydrogens (tertiary/aromatic N) is 1. The van der Waals surface area contributed by atoms with Gasteiger partial charge >= 0.3 is 5.97 Å². The van der Waals surface area contributed by atoms with E-state index < -0.39 is 5.97 Å². The maximum absolute atomic E-state index is 11.2. The highest BCUT2D eigenvalue weighted by molar-refractivity contribution is 5.75. The smallest absolute Gasteiger partial charge is 0.306 e. The predicted molar refractivity (Wildman–Crippen MR) is 51.8 cm³/mol. The first-order chi connectivity index (χ1) is 6.56. The molecular formula is C10H17NO3. The predicted octanol–water partition coefficient (Wildman–Crippen LogP) is 1.11. The summed E-state index contributed by atoms with van der Waals surface area (Å²) in [5.41, 5.74) is 0. The number of carbonyl (C=O) groups excluding carboxylic acids is 1. The van der Waals surface area contributed by atoms with Crippen molar-refractivity contribution in [1.82, 2.24) is 4.90 Å². The van der Waals surface area contributed by atoms with E-state index in [0.29, 0.717) is 19.4 Å². The topological polar surface area (TPSA) is 57.6 Å². The number of carbonyl (C=O) groups is 2. The van der Waals surface area contributed by atoms with Gasteiger partial charge in [-0.25, -0.2) is 0 Å². The molecule has 2 atom stereocenters. The standard InChI is InChI=1S/C10H17NO3/c1-3-9-6-8(10(13)14)4-5-11(9)7(2)12/h8-9H,3-6H2,1-2H3,(H,13,14). The van der Waals surface area contributed by atoms with E-state index in [1.54, 1.807) is 11.8 Å². The maximum Gasteiger partial charge on any atom is 0.306 e. The van der Waals surface area contributed by atoms with Gasteiger partial charge in [-0.1, -0.05) is 6.92 Å². The minimum absolute atomic E-state index is 0.0562. The second-order valence-corrected chi connectivity index (χ2v) is 3.83. The Kier molecular flexibility index (Phi) is 3.49. The molecule has 1 N–H and O–H groups in total. The number of amides is 1. The van der Waals surface area contributed by atoms with Crippen LogP contribution in [-0.2, 0) is 9.59 Å². The van der Waals surface area contributed by atoms with Gasteiger partial charge in [-0.15, -0.1) is 0 Å². The van der Waals surface area contributed by atoms with Gasteiger partial charge in [0.15, 0.2) is 0 Å². The summed E-state index contributed by atoms with van der Waals surface area (Å²) in [4.78, 5) is 23.8. The fourth-order valence-corrected chi connectivity index (χ4v) is 2.08. The van der Waals surface area contributed by atoms with Gasteiger partial charge in [-0.2, -0.15) is 0 Å². The Morgan fingerprint density at radius 1 is 1.50 bits per heavy atom. The Morgan fingerprint density at radius 3 is 2.57 bits per heavy atom. The maximum atomic E-state index is 11.2. The van der Waals surface area contributed by atoms with Gasteiger partial charge in [0, 0.05) is 19.5 Å². The molecule has 1 saturated heterocycles. The second kappa shape index (κ2) is 4.44. The average molecular weight is 199 g/mol. The monoisotopic (exact) mass is 199 g/mol. The molecule has 0 bridgehead atoms. The zero-order valence-corrected chi connectivity index (χ0v) is 8.69. The van der Waals surface area contributed by atoms with E-state index in [4.69, 9.17) is 5.11 Å². The van der Waals surface area contributed by atoms with Crippen molar-refractivity contribution in [3.8, 4) is 0 Å². The summed E-state index contributed by atoms with van der Waals surface area (Å²) < 4.78 is 0. The van der Waals surface area contributed by atoms with Crippen LogP contribution in [0, 0.1) is 5.92 Å². The number of carboxylic acid groups (broad SMARTS) is 1. The molecule has 1 fully saturated rings. The molecule has 1 rings (SSSR count). The van der Waals surface area contributed by atoms with E-state index >= 15 is 0 Å². The minimum Gasteiger partial charge on any atom is -0.481 e. The van der Waals surface area contributed by atoms with Crippen LogP contribution in [0.5, 0.6) is 0 Å². The Hall–Kier alpha value is -1.06. The molecule has 0 radical (unpaired) electrons. The van der Waals surface area contributed by atoms with Gasteiger partial charge < -0.3 is 10.0 Å². The lowest BCUT2D eigenvalue weighted by atomic mass is 9.89. The average Bonchev–Trinajstić information content (AvgIpc) is 2.16. The molecule has 0 aromatic carbocycles. The van der Waals surface area contributed by atoms with Crippen LogP contribution in [0.1, 0.15) is 33.1 Å². The number of hydrogen-bond acceptors (Lipinski definition) is 2. The molecule has 1 aliphatic rings. The first kappa shape index (κ1) is 11.0. The van der Waals surface area contributed by atoms with E-state index in [0.717, 1.165) is 6.42 Å². The second-order valence-electron chi connectivity index (χ2n) is 3.83. The molecule has 0 aromatic rings. The van der Waals surface area contributed by atoms with E-state index in [-0.39, 0.29) is 17.9 Å². The van der Waals surface area contributed by atoms with Crippen molar-refractivity contribution in [2.24, 2.45) is 5.92 Å². The van der Waals surface area contributed by atoms with Crippen LogP contribution in [-0.4, -0.2) is 34.5 Å². The molecule has 2 unspecified atom stereocenters. The largest absolute Gasteiger partial charge is 0.481 e. The van der Waals surface area contributed by atoms with Crippen LogP contribution >= 0.6 is 0 Å². The summed E-state index contributed by atoms with van der Waals surface area (Å²) in [5, 5.41) is 8.87. The van der Waals surface area contributed by atoms with Gasteiger partial charge in [0.2, 0.25) is 5.91 Å². The van der Waals surface area contributed by atoms with E-state index in [1.165, 1.54) is 0 Å². The first-order valence-electron chi connectivity index (χ1n) is 5.06. The van der Waals surface area contributed by atoms with Crippen molar-refractivity contribution in [3.05, 3.63) is 0 Å². The first-order valence-corrected chi connectivity index (χ1v) is 5.06. The third-order valence-corrected chi connectivity index (χ3v) is 2.94. The number of likely N-dealkylation sites (tertiary alicyclic amines) is 1. The fraction of sp³-hybridized carbons (Fsp3) is 0.800. The highest BCUT2D eigenvalue weighted by Crippen LogP contribution is 2.24. The van der Waals surface area contributed by atoms with Crippen LogP contribution in [0.25, 0.3) is 0 Å². The molecule has 4 heteroatoms. The molecule has 14 heavy (non-hydrogen) atoms. The molecule has 0 aromatic heterocycles. The molecule has 0 saturated carbocycles. The van der Waals surface area contributed by atoms with Gasteiger partial charge in [0.1, 0.15) is 0 Å². The summed E-state index contributed by atoms with van der Waals surface area (Å²) in [7, 11) is 0. The normalized spacial score (nSPS) is 27.4. The Morgan fingerprint density at radius 2 is 2.14 bits per heavy atom. The van der Waals surface area contributed by atoms with Crippen LogP contribution in [0.4, 0.5) is 0 Å². The van der Waals surface area contributed by atoms with Crippen molar-refractivity contribution < 1.29 is 14.7 Å². The van der Waals surface area contributed by atoms with Crippen LogP contribution in [0.15, 0.2) is 0 Å². The van der Waals surface area contributed by atoms with Crippen molar-refractivity contribution in [2.75, 3.05) is 6.54 Å². The van der Waals surface area contributed by atoms with Gasteiger partial charge in [-0.3, -0.25) is 9.59 Å². The van der Waals surface area contributed by atoms with E-state index in [1.807, 2.05) is 6.92 Å². The third-order valence-electron chi connectivity index (χ3n) is 2.94. The summed E-state index contributed by atoms with van der Waals surface area (Å²) in [6.45, 7) is 4.12. The number of rotatable bonds is 2. The van der Waals surface area contributed by atoms with Gasteiger partial charge in [0.05, 0.1) is 5.92 Å². The fourth-order valence-electron chi connectivity index (χ4n) is 2.08. The van der Waals surface area contributed by atoms with E-state index in [9.17, 15) is 9.59 Å². The van der Waals surface area contributed by atoms with Crippen LogP contribution in [0.3, 0.4) is 0 Å².